The van der Waals surface area contributed by atoms with Crippen molar-refractivity contribution >= 4 is 33.2 Å². The van der Waals surface area contributed by atoms with Crippen LogP contribution in [-0.2, 0) is 0 Å². The lowest BCUT2D eigenvalue weighted by Gasteiger charge is -2.08. The summed E-state index contributed by atoms with van der Waals surface area (Å²) in [6.07, 6.45) is 2.42. The Bertz CT molecular complexity index is 409. The van der Waals surface area contributed by atoms with Gasteiger partial charge in [0.2, 0.25) is 5.69 Å². The van der Waals surface area contributed by atoms with Crippen molar-refractivity contribution in [2.45, 2.75) is 18.9 Å². The molecule has 1 aromatic carbocycles. The fourth-order valence-corrected chi connectivity index (χ4v) is 1.98. The minimum Gasteiger partial charge on any atom is -0.501 e. The van der Waals surface area contributed by atoms with E-state index in [2.05, 4.69) is 20.8 Å². The normalized spacial score (nSPS) is 14.9. The van der Waals surface area contributed by atoms with Crippen molar-refractivity contribution in [3.8, 4) is 5.75 Å². The van der Waals surface area contributed by atoms with Crippen LogP contribution in [-0.4, -0.2) is 6.10 Å². The first kappa shape index (κ1) is 9.82. The summed E-state index contributed by atoms with van der Waals surface area (Å²) in [4.78, 5) is 3.41. The molecular weight excluding hydrogens is 265 g/mol. The second kappa shape index (κ2) is 3.80. The van der Waals surface area contributed by atoms with E-state index in [0.717, 1.165) is 12.8 Å². The molecule has 0 spiro atoms. The first-order chi connectivity index (χ1) is 6.70. The van der Waals surface area contributed by atoms with Crippen molar-refractivity contribution in [3.05, 3.63) is 33.0 Å². The maximum atomic E-state index is 7.03. The molecule has 0 amide bonds. The van der Waals surface area contributed by atoms with E-state index in [0.29, 0.717) is 20.9 Å². The number of hydrogen-bond acceptors (Lipinski definition) is 1. The van der Waals surface area contributed by atoms with Gasteiger partial charge in [0.25, 0.3) is 0 Å². The molecule has 72 valence electrons. The zero-order chi connectivity index (χ0) is 10.1. The van der Waals surface area contributed by atoms with Crippen LogP contribution < -0.4 is 4.74 Å². The van der Waals surface area contributed by atoms with Crippen molar-refractivity contribution in [3.63, 3.8) is 0 Å². The summed E-state index contributed by atoms with van der Waals surface area (Å²) in [5, 5.41) is 0.583. The molecule has 0 saturated heterocycles. The second-order valence-corrected chi connectivity index (χ2v) is 4.45. The second-order valence-electron chi connectivity index (χ2n) is 3.16. The molecule has 0 N–H and O–H groups in total. The van der Waals surface area contributed by atoms with Gasteiger partial charge in [-0.2, -0.15) is 0 Å². The lowest BCUT2D eigenvalue weighted by atomic mass is 10.3. The standard InChI is InChI=1S/C10H7BrClNO/c1-13-10-8(11)4-6(12)5-9(10)14-7-2-3-7/h4-5,7H,2-3H2. The van der Waals surface area contributed by atoms with E-state index in [-0.39, 0.29) is 6.10 Å². The fourth-order valence-electron chi connectivity index (χ4n) is 1.11. The van der Waals surface area contributed by atoms with Gasteiger partial charge in [0.05, 0.1) is 12.7 Å². The highest BCUT2D eigenvalue weighted by Gasteiger charge is 2.25. The molecule has 2 nitrogen and oxygen atoms in total. The Kier molecular flexibility index (Phi) is 2.66. The van der Waals surface area contributed by atoms with Crippen molar-refractivity contribution < 1.29 is 4.74 Å². The molecule has 0 unspecified atom stereocenters. The summed E-state index contributed by atoms with van der Waals surface area (Å²) in [7, 11) is 0. The minimum atomic E-state index is 0.279. The fraction of sp³-hybridized carbons (Fsp3) is 0.300. The average molecular weight is 273 g/mol. The predicted molar refractivity (Wildman–Crippen MR) is 59.1 cm³/mol. The van der Waals surface area contributed by atoms with Crippen LogP contribution in [0.15, 0.2) is 16.6 Å². The quantitative estimate of drug-likeness (QED) is 0.736. The number of nitrogens with zero attached hydrogens (tertiary/aromatic N) is 1. The third-order valence-electron chi connectivity index (χ3n) is 1.92. The van der Waals surface area contributed by atoms with Crippen molar-refractivity contribution in [2.24, 2.45) is 0 Å². The van der Waals surface area contributed by atoms with Gasteiger partial charge in [-0.1, -0.05) is 27.5 Å². The van der Waals surface area contributed by atoms with E-state index >= 15 is 0 Å². The number of ether oxygens (including phenoxy) is 1. The van der Waals surface area contributed by atoms with Crippen LogP contribution in [0.2, 0.25) is 5.02 Å². The Morgan fingerprint density at radius 3 is 2.79 bits per heavy atom. The van der Waals surface area contributed by atoms with Crippen LogP contribution in [0.4, 0.5) is 5.69 Å². The summed E-state index contributed by atoms with van der Waals surface area (Å²) in [5.41, 5.74) is 0.501. The Hall–Kier alpha value is -0.720. The van der Waals surface area contributed by atoms with Crippen molar-refractivity contribution in [2.75, 3.05) is 0 Å². The minimum absolute atomic E-state index is 0.279. The van der Waals surface area contributed by atoms with Crippen LogP contribution in [0.1, 0.15) is 12.8 Å². The largest absolute Gasteiger partial charge is 0.501 e. The van der Waals surface area contributed by atoms with Gasteiger partial charge in [0.15, 0.2) is 0 Å². The molecule has 4 heteroatoms. The zero-order valence-corrected chi connectivity index (χ0v) is 9.60. The maximum Gasteiger partial charge on any atom is 0.242 e. The van der Waals surface area contributed by atoms with Crippen LogP contribution in [0.25, 0.3) is 4.85 Å². The number of halogens is 2. The number of rotatable bonds is 2. The molecule has 1 aromatic rings. The zero-order valence-electron chi connectivity index (χ0n) is 7.26. The Morgan fingerprint density at radius 2 is 2.21 bits per heavy atom. The highest BCUT2D eigenvalue weighted by Crippen LogP contribution is 2.41. The monoisotopic (exact) mass is 271 g/mol. The Balaban J connectivity index is 2.39. The molecule has 0 radical (unpaired) electrons. The van der Waals surface area contributed by atoms with Gasteiger partial charge in [0.1, 0.15) is 5.75 Å². The molecule has 14 heavy (non-hydrogen) atoms. The van der Waals surface area contributed by atoms with Gasteiger partial charge in [-0.3, -0.25) is 0 Å². The van der Waals surface area contributed by atoms with Crippen LogP contribution in [0, 0.1) is 6.57 Å². The summed E-state index contributed by atoms with van der Waals surface area (Å²) in [5.74, 6) is 0.585. The molecule has 0 aliphatic heterocycles. The molecule has 0 atom stereocenters. The van der Waals surface area contributed by atoms with Crippen molar-refractivity contribution in [1.29, 1.82) is 0 Å². The van der Waals surface area contributed by atoms with E-state index in [4.69, 9.17) is 22.9 Å². The SMILES string of the molecule is [C-]#[N+]c1c(Br)cc(Cl)cc1OC1CC1. The van der Waals surface area contributed by atoms with Gasteiger partial charge in [0, 0.05) is 9.50 Å². The Morgan fingerprint density at radius 1 is 1.50 bits per heavy atom. The molecule has 0 aromatic heterocycles. The third-order valence-corrected chi connectivity index (χ3v) is 2.75. The van der Waals surface area contributed by atoms with Gasteiger partial charge in [-0.15, -0.1) is 0 Å². The summed E-state index contributed by atoms with van der Waals surface area (Å²) >= 11 is 9.16. The molecule has 1 aliphatic rings. The average Bonchev–Trinajstić information content (AvgIpc) is 2.87. The van der Waals surface area contributed by atoms with Crippen LogP contribution >= 0.6 is 27.5 Å². The van der Waals surface area contributed by atoms with Crippen LogP contribution in [0.3, 0.4) is 0 Å². The van der Waals surface area contributed by atoms with E-state index in [1.54, 1.807) is 12.1 Å². The van der Waals surface area contributed by atoms with E-state index in [1.165, 1.54) is 0 Å². The highest BCUT2D eigenvalue weighted by atomic mass is 79.9. The molecule has 1 fully saturated rings. The van der Waals surface area contributed by atoms with Crippen LogP contribution in [0.5, 0.6) is 5.75 Å². The van der Waals surface area contributed by atoms with Crippen molar-refractivity contribution in [1.82, 2.24) is 0 Å². The number of hydrogen-bond donors (Lipinski definition) is 0. The summed E-state index contributed by atoms with van der Waals surface area (Å²) in [6, 6.07) is 3.40. The third kappa shape index (κ3) is 2.02. The van der Waals surface area contributed by atoms with Gasteiger partial charge in [-0.25, -0.2) is 4.85 Å². The molecule has 2 rings (SSSR count). The van der Waals surface area contributed by atoms with Gasteiger partial charge < -0.3 is 4.74 Å². The van der Waals surface area contributed by atoms with E-state index < -0.39 is 0 Å². The topological polar surface area (TPSA) is 13.6 Å². The van der Waals surface area contributed by atoms with E-state index in [9.17, 15) is 0 Å². The lowest BCUT2D eigenvalue weighted by molar-refractivity contribution is 0.305. The number of benzene rings is 1. The van der Waals surface area contributed by atoms with E-state index in [1.807, 2.05) is 0 Å². The molecular formula is C10H7BrClNO. The molecule has 0 heterocycles. The van der Waals surface area contributed by atoms with Gasteiger partial charge in [-0.05, 0) is 25.0 Å². The first-order valence-corrected chi connectivity index (χ1v) is 5.41. The summed E-state index contributed by atoms with van der Waals surface area (Å²) in [6.45, 7) is 7.03. The predicted octanol–water partition coefficient (Wildman–Crippen LogP) is 4.19. The smallest absolute Gasteiger partial charge is 0.242 e. The molecule has 0 bridgehead atoms. The molecule has 1 aliphatic carbocycles. The summed E-state index contributed by atoms with van der Waals surface area (Å²) < 4.78 is 6.27. The van der Waals surface area contributed by atoms with Gasteiger partial charge >= 0.3 is 0 Å². The lowest BCUT2D eigenvalue weighted by Crippen LogP contribution is -1.95. The Labute approximate surface area is 95.8 Å². The highest BCUT2D eigenvalue weighted by molar-refractivity contribution is 9.10. The first-order valence-electron chi connectivity index (χ1n) is 4.24. The maximum absolute atomic E-state index is 7.03. The molecule has 1 saturated carbocycles.